The van der Waals surface area contributed by atoms with Crippen LogP contribution in [-0.4, -0.2) is 44.4 Å². The highest BCUT2D eigenvalue weighted by Gasteiger charge is 2.23. The van der Waals surface area contributed by atoms with Crippen LogP contribution in [0.3, 0.4) is 0 Å². The normalized spacial score (nSPS) is 13.8. The number of hydrogen-bond donors (Lipinski definition) is 3. The number of aliphatic hydroxyl groups excluding tert-OH is 1. The fraction of sp³-hybridized carbons (Fsp3) is 0.700. The molecule has 0 aliphatic rings. The number of aliphatic hydroxyl groups is 1. The van der Waals surface area contributed by atoms with Gasteiger partial charge in [-0.2, -0.15) is 0 Å². The van der Waals surface area contributed by atoms with Crippen molar-refractivity contribution in [2.75, 3.05) is 19.6 Å². The Morgan fingerprint density at radius 2 is 2.06 bits per heavy atom. The van der Waals surface area contributed by atoms with Gasteiger partial charge in [0.05, 0.1) is 6.10 Å². The molecular weight excluding hydrogens is 258 g/mol. The second-order valence-electron chi connectivity index (χ2n) is 4.10. The summed E-state index contributed by atoms with van der Waals surface area (Å²) in [5, 5.41) is 15.5. The SMILES string of the molecule is Cc1noc(C)c1S(=O)(=O)NCCNCC(C)O. The van der Waals surface area contributed by atoms with Crippen molar-refractivity contribution in [3.63, 3.8) is 0 Å². The van der Waals surface area contributed by atoms with Crippen LogP contribution in [0.15, 0.2) is 9.42 Å². The van der Waals surface area contributed by atoms with Crippen molar-refractivity contribution < 1.29 is 18.0 Å². The maximum atomic E-state index is 11.9. The van der Waals surface area contributed by atoms with Crippen molar-refractivity contribution in [2.24, 2.45) is 0 Å². The summed E-state index contributed by atoms with van der Waals surface area (Å²) >= 11 is 0. The van der Waals surface area contributed by atoms with Crippen LogP contribution in [0.4, 0.5) is 0 Å². The Hall–Kier alpha value is -0.960. The lowest BCUT2D eigenvalue weighted by molar-refractivity contribution is 0.192. The van der Waals surface area contributed by atoms with Crippen molar-refractivity contribution >= 4 is 10.0 Å². The van der Waals surface area contributed by atoms with Crippen LogP contribution < -0.4 is 10.0 Å². The van der Waals surface area contributed by atoms with Gasteiger partial charge in [0.15, 0.2) is 5.76 Å². The van der Waals surface area contributed by atoms with Gasteiger partial charge in [0.25, 0.3) is 0 Å². The highest BCUT2D eigenvalue weighted by molar-refractivity contribution is 7.89. The summed E-state index contributed by atoms with van der Waals surface area (Å²) in [5.74, 6) is 0.275. The largest absolute Gasteiger partial charge is 0.392 e. The van der Waals surface area contributed by atoms with E-state index in [1.165, 1.54) is 0 Å². The zero-order chi connectivity index (χ0) is 13.8. The highest BCUT2D eigenvalue weighted by atomic mass is 32.2. The Morgan fingerprint density at radius 3 is 2.56 bits per heavy atom. The van der Waals surface area contributed by atoms with Crippen LogP contribution in [0.2, 0.25) is 0 Å². The molecule has 0 radical (unpaired) electrons. The number of rotatable bonds is 7. The number of sulfonamides is 1. The Kier molecular flexibility index (Phi) is 5.27. The molecule has 1 aromatic rings. The third kappa shape index (κ3) is 4.05. The zero-order valence-electron chi connectivity index (χ0n) is 10.7. The summed E-state index contributed by atoms with van der Waals surface area (Å²) < 4.78 is 31.2. The summed E-state index contributed by atoms with van der Waals surface area (Å²) in [6, 6.07) is 0. The Morgan fingerprint density at radius 1 is 1.39 bits per heavy atom. The van der Waals surface area contributed by atoms with Crippen LogP contribution >= 0.6 is 0 Å². The first-order chi connectivity index (χ1) is 8.34. The van der Waals surface area contributed by atoms with E-state index in [1.54, 1.807) is 20.8 Å². The van der Waals surface area contributed by atoms with E-state index < -0.39 is 16.1 Å². The van der Waals surface area contributed by atoms with Gasteiger partial charge in [0.1, 0.15) is 10.6 Å². The Balaban J connectivity index is 2.51. The molecule has 0 amide bonds. The van der Waals surface area contributed by atoms with E-state index >= 15 is 0 Å². The fourth-order valence-corrected chi connectivity index (χ4v) is 2.87. The first-order valence-electron chi connectivity index (χ1n) is 5.66. The van der Waals surface area contributed by atoms with E-state index in [-0.39, 0.29) is 17.2 Å². The van der Waals surface area contributed by atoms with Gasteiger partial charge in [0.2, 0.25) is 10.0 Å². The fourth-order valence-electron chi connectivity index (χ4n) is 1.52. The Bertz CT molecular complexity index is 462. The summed E-state index contributed by atoms with van der Waals surface area (Å²) in [4.78, 5) is 0.0954. The molecule has 0 saturated heterocycles. The van der Waals surface area contributed by atoms with Crippen LogP contribution in [0.5, 0.6) is 0 Å². The molecule has 18 heavy (non-hydrogen) atoms. The lowest BCUT2D eigenvalue weighted by Gasteiger charge is -2.08. The number of hydrogen-bond acceptors (Lipinski definition) is 6. The second kappa shape index (κ2) is 6.28. The molecule has 1 heterocycles. The third-order valence-electron chi connectivity index (χ3n) is 2.27. The molecule has 0 bridgehead atoms. The molecule has 1 aromatic heterocycles. The molecule has 0 aromatic carbocycles. The number of nitrogens with one attached hydrogen (secondary N) is 2. The smallest absolute Gasteiger partial charge is 0.246 e. The molecule has 0 fully saturated rings. The second-order valence-corrected chi connectivity index (χ2v) is 5.81. The number of aromatic nitrogens is 1. The lowest BCUT2D eigenvalue weighted by Crippen LogP contribution is -2.34. The number of aryl methyl sites for hydroxylation is 2. The van der Waals surface area contributed by atoms with E-state index in [9.17, 15) is 8.42 Å². The molecule has 1 unspecified atom stereocenters. The first-order valence-corrected chi connectivity index (χ1v) is 7.14. The minimum Gasteiger partial charge on any atom is -0.392 e. The third-order valence-corrected chi connectivity index (χ3v) is 3.97. The summed E-state index contributed by atoms with van der Waals surface area (Å²) in [6.07, 6.45) is -0.454. The van der Waals surface area contributed by atoms with Gasteiger partial charge in [-0.25, -0.2) is 13.1 Å². The van der Waals surface area contributed by atoms with E-state index in [0.29, 0.717) is 18.8 Å². The van der Waals surface area contributed by atoms with Gasteiger partial charge in [-0.05, 0) is 20.8 Å². The summed E-state index contributed by atoms with van der Waals surface area (Å²) in [5.41, 5.74) is 0.344. The van der Waals surface area contributed by atoms with Crippen LogP contribution in [0.1, 0.15) is 18.4 Å². The summed E-state index contributed by atoms with van der Waals surface area (Å²) in [6.45, 7) is 5.89. The minimum atomic E-state index is -3.59. The van der Waals surface area contributed by atoms with E-state index in [4.69, 9.17) is 9.63 Å². The zero-order valence-corrected chi connectivity index (χ0v) is 11.5. The molecule has 1 atom stereocenters. The van der Waals surface area contributed by atoms with E-state index in [2.05, 4.69) is 15.2 Å². The minimum absolute atomic E-state index is 0.0954. The molecule has 7 nitrogen and oxygen atoms in total. The average molecular weight is 277 g/mol. The van der Waals surface area contributed by atoms with Gasteiger partial charge in [-0.1, -0.05) is 5.16 Å². The average Bonchev–Trinajstić information content (AvgIpc) is 2.57. The standard InChI is InChI=1S/C10H19N3O4S/c1-7(14)6-11-4-5-12-18(15,16)10-8(2)13-17-9(10)3/h7,11-12,14H,4-6H2,1-3H3. The molecular formula is C10H19N3O4S. The maximum Gasteiger partial charge on any atom is 0.246 e. The molecule has 3 N–H and O–H groups in total. The van der Waals surface area contributed by atoms with E-state index in [0.717, 1.165) is 0 Å². The predicted octanol–water partition coefficient (Wildman–Crippen LogP) is -0.460. The van der Waals surface area contributed by atoms with Gasteiger partial charge < -0.3 is 14.9 Å². The van der Waals surface area contributed by atoms with Gasteiger partial charge in [0, 0.05) is 19.6 Å². The molecule has 8 heteroatoms. The molecule has 0 saturated carbocycles. The van der Waals surface area contributed by atoms with E-state index in [1.807, 2.05) is 0 Å². The lowest BCUT2D eigenvalue weighted by atomic mass is 10.4. The topological polar surface area (TPSA) is 104 Å². The molecule has 1 rings (SSSR count). The van der Waals surface area contributed by atoms with Gasteiger partial charge >= 0.3 is 0 Å². The molecule has 0 aliphatic heterocycles. The molecule has 104 valence electrons. The van der Waals surface area contributed by atoms with Gasteiger partial charge in [-0.3, -0.25) is 0 Å². The van der Waals surface area contributed by atoms with Crippen LogP contribution in [-0.2, 0) is 10.0 Å². The summed E-state index contributed by atoms with van der Waals surface area (Å²) in [7, 11) is -3.59. The predicted molar refractivity (Wildman–Crippen MR) is 65.7 cm³/mol. The van der Waals surface area contributed by atoms with Crippen LogP contribution in [0.25, 0.3) is 0 Å². The maximum absolute atomic E-state index is 11.9. The first kappa shape index (κ1) is 15.1. The van der Waals surface area contributed by atoms with Crippen LogP contribution in [0, 0.1) is 13.8 Å². The number of nitrogens with zero attached hydrogens (tertiary/aromatic N) is 1. The molecule has 0 aliphatic carbocycles. The monoisotopic (exact) mass is 277 g/mol. The van der Waals surface area contributed by atoms with Crippen molar-refractivity contribution in [3.8, 4) is 0 Å². The van der Waals surface area contributed by atoms with Crippen molar-refractivity contribution in [3.05, 3.63) is 11.5 Å². The van der Waals surface area contributed by atoms with Crippen molar-refractivity contribution in [2.45, 2.75) is 31.8 Å². The Labute approximate surface area is 107 Å². The highest BCUT2D eigenvalue weighted by Crippen LogP contribution is 2.17. The quantitative estimate of drug-likeness (QED) is 0.583. The molecule has 0 spiro atoms. The van der Waals surface area contributed by atoms with Crippen molar-refractivity contribution in [1.29, 1.82) is 0 Å². The van der Waals surface area contributed by atoms with Crippen molar-refractivity contribution in [1.82, 2.24) is 15.2 Å². The van der Waals surface area contributed by atoms with Gasteiger partial charge in [-0.15, -0.1) is 0 Å².